The highest BCUT2D eigenvalue weighted by Gasteiger charge is 2.16. The number of likely N-dealkylation sites (tertiary alicyclic amines) is 1. The van der Waals surface area contributed by atoms with Gasteiger partial charge in [0.2, 0.25) is 0 Å². The van der Waals surface area contributed by atoms with E-state index in [0.717, 1.165) is 12.5 Å². The lowest BCUT2D eigenvalue weighted by molar-refractivity contribution is 0.190. The second kappa shape index (κ2) is 5.84. The molecular weight excluding hydrogens is 184 g/mol. The molecule has 0 aromatic rings. The molecule has 0 aromatic carbocycles. The minimum atomic E-state index is 0.655. The van der Waals surface area contributed by atoms with E-state index < -0.39 is 0 Å². The van der Waals surface area contributed by atoms with Gasteiger partial charge in [-0.2, -0.15) is 0 Å². The van der Waals surface area contributed by atoms with E-state index in [0.29, 0.717) is 6.00 Å². The van der Waals surface area contributed by atoms with Crippen LogP contribution in [0, 0.1) is 5.92 Å². The SMILES string of the molecule is CN(CCl)CCC1CCCN(C)C1. The Morgan fingerprint density at radius 2 is 2.31 bits per heavy atom. The molecule has 1 unspecified atom stereocenters. The van der Waals surface area contributed by atoms with Gasteiger partial charge in [0.1, 0.15) is 0 Å². The summed E-state index contributed by atoms with van der Waals surface area (Å²) in [6.07, 6.45) is 4.07. The maximum Gasteiger partial charge on any atom is 0.0735 e. The van der Waals surface area contributed by atoms with Crippen LogP contribution in [-0.2, 0) is 0 Å². The fourth-order valence-corrected chi connectivity index (χ4v) is 2.09. The van der Waals surface area contributed by atoms with Gasteiger partial charge in [-0.3, -0.25) is 4.90 Å². The molecule has 3 heteroatoms. The molecule has 78 valence electrons. The Morgan fingerprint density at radius 3 is 2.92 bits per heavy atom. The lowest BCUT2D eigenvalue weighted by atomic mass is 9.95. The summed E-state index contributed by atoms with van der Waals surface area (Å²) >= 11 is 5.71. The summed E-state index contributed by atoms with van der Waals surface area (Å²) in [7, 11) is 4.30. The van der Waals surface area contributed by atoms with Crippen molar-refractivity contribution in [2.45, 2.75) is 19.3 Å². The third-order valence-electron chi connectivity index (χ3n) is 2.85. The molecule has 1 fully saturated rings. The fraction of sp³-hybridized carbons (Fsp3) is 1.00. The molecule has 1 rings (SSSR count). The molecule has 0 aliphatic carbocycles. The Hall–Kier alpha value is 0.210. The van der Waals surface area contributed by atoms with Crippen molar-refractivity contribution in [2.75, 3.05) is 39.7 Å². The first-order valence-corrected chi connectivity index (χ1v) is 5.69. The Labute approximate surface area is 86.8 Å². The number of halogens is 1. The van der Waals surface area contributed by atoms with Gasteiger partial charge in [-0.05, 0) is 52.4 Å². The Kier molecular flexibility index (Phi) is 5.07. The van der Waals surface area contributed by atoms with Gasteiger partial charge in [-0.15, -0.1) is 11.6 Å². The molecule has 0 aromatic heterocycles. The van der Waals surface area contributed by atoms with Crippen LogP contribution < -0.4 is 0 Å². The van der Waals surface area contributed by atoms with Gasteiger partial charge in [0, 0.05) is 6.54 Å². The number of nitrogens with zero attached hydrogens (tertiary/aromatic N) is 2. The second-order valence-corrected chi connectivity index (χ2v) is 4.50. The zero-order chi connectivity index (χ0) is 9.68. The molecule has 0 bridgehead atoms. The molecule has 1 heterocycles. The molecule has 0 amide bonds. The summed E-state index contributed by atoms with van der Waals surface area (Å²) in [5.41, 5.74) is 0. The standard InChI is InChI=1S/C10H21ClN2/c1-12-6-3-4-10(8-12)5-7-13(2)9-11/h10H,3-9H2,1-2H3. The molecule has 1 atom stereocenters. The third-order valence-corrected chi connectivity index (χ3v) is 3.25. The van der Waals surface area contributed by atoms with Crippen LogP contribution in [0.1, 0.15) is 19.3 Å². The Balaban J connectivity index is 2.13. The van der Waals surface area contributed by atoms with E-state index in [1.165, 1.54) is 32.4 Å². The van der Waals surface area contributed by atoms with Gasteiger partial charge in [0.25, 0.3) is 0 Å². The van der Waals surface area contributed by atoms with Crippen molar-refractivity contribution in [1.29, 1.82) is 0 Å². The summed E-state index contributed by atoms with van der Waals surface area (Å²) in [6, 6.07) is 0.655. The van der Waals surface area contributed by atoms with E-state index in [1.54, 1.807) is 0 Å². The summed E-state index contributed by atoms with van der Waals surface area (Å²) in [5, 5.41) is 0. The average molecular weight is 205 g/mol. The van der Waals surface area contributed by atoms with Gasteiger partial charge in [0.05, 0.1) is 6.00 Å². The van der Waals surface area contributed by atoms with Crippen molar-refractivity contribution < 1.29 is 0 Å². The highest BCUT2D eigenvalue weighted by Crippen LogP contribution is 2.18. The van der Waals surface area contributed by atoms with Crippen molar-refractivity contribution in [3.63, 3.8) is 0 Å². The van der Waals surface area contributed by atoms with Gasteiger partial charge in [0.15, 0.2) is 0 Å². The lowest BCUT2D eigenvalue weighted by Gasteiger charge is -2.30. The van der Waals surface area contributed by atoms with E-state index in [-0.39, 0.29) is 0 Å². The van der Waals surface area contributed by atoms with Gasteiger partial charge < -0.3 is 4.90 Å². The van der Waals surface area contributed by atoms with E-state index >= 15 is 0 Å². The quantitative estimate of drug-likeness (QED) is 0.510. The minimum absolute atomic E-state index is 0.655. The summed E-state index contributed by atoms with van der Waals surface area (Å²) in [4.78, 5) is 4.62. The Bertz CT molecular complexity index is 141. The largest absolute Gasteiger partial charge is 0.306 e. The Morgan fingerprint density at radius 1 is 1.54 bits per heavy atom. The molecule has 2 nitrogen and oxygen atoms in total. The molecule has 1 aliphatic rings. The van der Waals surface area contributed by atoms with Crippen LogP contribution in [0.5, 0.6) is 0 Å². The smallest absolute Gasteiger partial charge is 0.0735 e. The molecule has 0 radical (unpaired) electrons. The predicted molar refractivity (Wildman–Crippen MR) is 58.2 cm³/mol. The highest BCUT2D eigenvalue weighted by molar-refractivity contribution is 6.17. The maximum absolute atomic E-state index is 5.71. The number of alkyl halides is 1. The van der Waals surface area contributed by atoms with Crippen LogP contribution in [0.2, 0.25) is 0 Å². The van der Waals surface area contributed by atoms with E-state index in [9.17, 15) is 0 Å². The molecule has 0 N–H and O–H groups in total. The van der Waals surface area contributed by atoms with Gasteiger partial charge in [-0.1, -0.05) is 0 Å². The van der Waals surface area contributed by atoms with Crippen molar-refractivity contribution in [2.24, 2.45) is 5.92 Å². The van der Waals surface area contributed by atoms with Crippen LogP contribution in [0.4, 0.5) is 0 Å². The minimum Gasteiger partial charge on any atom is -0.306 e. The second-order valence-electron chi connectivity index (χ2n) is 4.26. The van der Waals surface area contributed by atoms with E-state index in [2.05, 4.69) is 23.9 Å². The van der Waals surface area contributed by atoms with Crippen molar-refractivity contribution in [1.82, 2.24) is 9.80 Å². The monoisotopic (exact) mass is 204 g/mol. The number of piperidine rings is 1. The van der Waals surface area contributed by atoms with Crippen LogP contribution in [0.15, 0.2) is 0 Å². The van der Waals surface area contributed by atoms with E-state index in [1.807, 2.05) is 0 Å². The summed E-state index contributed by atoms with van der Waals surface area (Å²) < 4.78 is 0. The molecule has 1 aliphatic heterocycles. The number of hydrogen-bond acceptors (Lipinski definition) is 2. The first-order valence-electron chi connectivity index (χ1n) is 5.15. The fourth-order valence-electron chi connectivity index (χ4n) is 1.97. The van der Waals surface area contributed by atoms with Crippen molar-refractivity contribution in [3.05, 3.63) is 0 Å². The van der Waals surface area contributed by atoms with Gasteiger partial charge in [-0.25, -0.2) is 0 Å². The summed E-state index contributed by atoms with van der Waals surface area (Å²) in [5.74, 6) is 0.893. The predicted octanol–water partition coefficient (Wildman–Crippen LogP) is 1.85. The van der Waals surface area contributed by atoms with E-state index in [4.69, 9.17) is 11.6 Å². The molecule has 1 saturated heterocycles. The van der Waals surface area contributed by atoms with Crippen LogP contribution in [0.3, 0.4) is 0 Å². The molecule has 0 saturated carbocycles. The average Bonchev–Trinajstić information content (AvgIpc) is 2.14. The first-order chi connectivity index (χ1) is 6.22. The zero-order valence-electron chi connectivity index (χ0n) is 8.80. The highest BCUT2D eigenvalue weighted by atomic mass is 35.5. The molecule has 0 spiro atoms. The molecule has 13 heavy (non-hydrogen) atoms. The number of rotatable bonds is 4. The van der Waals surface area contributed by atoms with Crippen molar-refractivity contribution >= 4 is 11.6 Å². The molecular formula is C10H21ClN2. The topological polar surface area (TPSA) is 6.48 Å². The summed E-state index contributed by atoms with van der Waals surface area (Å²) in [6.45, 7) is 3.69. The lowest BCUT2D eigenvalue weighted by Crippen LogP contribution is -2.33. The zero-order valence-corrected chi connectivity index (χ0v) is 9.56. The van der Waals surface area contributed by atoms with Crippen LogP contribution in [-0.4, -0.2) is 49.5 Å². The third kappa shape index (κ3) is 4.30. The maximum atomic E-state index is 5.71. The normalized spacial score (nSPS) is 25.4. The van der Waals surface area contributed by atoms with Gasteiger partial charge >= 0.3 is 0 Å². The van der Waals surface area contributed by atoms with Crippen LogP contribution >= 0.6 is 11.6 Å². The van der Waals surface area contributed by atoms with Crippen molar-refractivity contribution in [3.8, 4) is 0 Å². The number of hydrogen-bond donors (Lipinski definition) is 0. The first kappa shape index (κ1) is 11.3. The van der Waals surface area contributed by atoms with Crippen LogP contribution in [0.25, 0.3) is 0 Å².